The zero-order valence-electron chi connectivity index (χ0n) is 29.0. The first-order valence-electron chi connectivity index (χ1n) is 18.1. The molecule has 5 aromatic carbocycles. The standard InChI is InChI=1S/C48H30N6/c1-2-14-32-30-49-40(27-31(32)13-1)33-28-41(38-19-11-25-47(51-38)53-43-21-7-3-15-34(43)35-16-4-8-22-44(35)53)50-42(29-33)39-20-12-26-48(52-39)54-45-23-9-5-17-36(45)37-18-6-10-24-46(37)54/h1-30H. The molecule has 0 radical (unpaired) electrons. The third-order valence-electron chi connectivity index (χ3n) is 10.4. The van der Waals surface area contributed by atoms with Crippen molar-refractivity contribution in [2.45, 2.75) is 0 Å². The Morgan fingerprint density at radius 1 is 0.315 bits per heavy atom. The molecule has 11 rings (SSSR count). The summed E-state index contributed by atoms with van der Waals surface area (Å²) in [5.74, 6) is 1.66. The third-order valence-corrected chi connectivity index (χ3v) is 10.4. The Bertz CT molecular complexity index is 2960. The number of pyridine rings is 4. The second-order valence-electron chi connectivity index (χ2n) is 13.5. The lowest BCUT2D eigenvalue weighted by atomic mass is 10.0. The van der Waals surface area contributed by atoms with Gasteiger partial charge in [-0.3, -0.25) is 14.1 Å². The molecule has 0 N–H and O–H groups in total. The van der Waals surface area contributed by atoms with Gasteiger partial charge in [-0.2, -0.15) is 0 Å². The van der Waals surface area contributed by atoms with Crippen molar-refractivity contribution >= 4 is 54.4 Å². The first-order valence-corrected chi connectivity index (χ1v) is 18.1. The molecule has 11 aromatic rings. The molecular weight excluding hydrogens is 661 g/mol. The van der Waals surface area contributed by atoms with Crippen molar-refractivity contribution < 1.29 is 0 Å². The second-order valence-corrected chi connectivity index (χ2v) is 13.5. The predicted octanol–water partition coefficient (Wildman–Crippen LogP) is 11.6. The fourth-order valence-corrected chi connectivity index (χ4v) is 7.90. The van der Waals surface area contributed by atoms with Crippen LogP contribution in [-0.4, -0.2) is 29.1 Å². The molecule has 6 heterocycles. The lowest BCUT2D eigenvalue weighted by molar-refractivity contribution is 1.07. The summed E-state index contributed by atoms with van der Waals surface area (Å²) in [4.78, 5) is 20.8. The number of hydrogen-bond donors (Lipinski definition) is 0. The second kappa shape index (κ2) is 12.1. The summed E-state index contributed by atoms with van der Waals surface area (Å²) in [6.07, 6.45) is 1.94. The maximum atomic E-state index is 5.29. The molecule has 0 saturated carbocycles. The molecule has 6 heteroatoms. The van der Waals surface area contributed by atoms with E-state index in [0.29, 0.717) is 0 Å². The quantitative estimate of drug-likeness (QED) is 0.180. The number of hydrogen-bond acceptors (Lipinski definition) is 4. The van der Waals surface area contributed by atoms with Gasteiger partial charge in [0.15, 0.2) is 0 Å². The van der Waals surface area contributed by atoms with Gasteiger partial charge in [0.2, 0.25) is 0 Å². The van der Waals surface area contributed by atoms with Crippen molar-refractivity contribution in [1.82, 2.24) is 29.1 Å². The van der Waals surface area contributed by atoms with Crippen molar-refractivity contribution in [2.24, 2.45) is 0 Å². The van der Waals surface area contributed by atoms with Gasteiger partial charge in [-0.15, -0.1) is 0 Å². The van der Waals surface area contributed by atoms with Crippen molar-refractivity contribution in [3.05, 3.63) is 182 Å². The number of fused-ring (bicyclic) bond motifs is 7. The van der Waals surface area contributed by atoms with Crippen LogP contribution in [0.25, 0.3) is 100 Å². The highest BCUT2D eigenvalue weighted by Crippen LogP contribution is 2.35. The Morgan fingerprint density at radius 3 is 1.22 bits per heavy atom. The SMILES string of the molecule is c1cc(-c2cc(-c3cc4ccccc4cn3)cc(-c3cccc(-n4c5ccccc5c5ccccc54)n3)n2)nc(-n2c3ccccc3c3ccccc32)c1. The van der Waals surface area contributed by atoms with Crippen LogP contribution in [0.1, 0.15) is 0 Å². The van der Waals surface area contributed by atoms with E-state index >= 15 is 0 Å². The first-order chi connectivity index (χ1) is 26.8. The number of aromatic nitrogens is 6. The van der Waals surface area contributed by atoms with Crippen LogP contribution in [0.5, 0.6) is 0 Å². The summed E-state index contributed by atoms with van der Waals surface area (Å²) in [6, 6.07) is 60.9. The minimum absolute atomic E-state index is 0.740. The van der Waals surface area contributed by atoms with Crippen molar-refractivity contribution in [1.29, 1.82) is 0 Å². The maximum Gasteiger partial charge on any atom is 0.138 e. The van der Waals surface area contributed by atoms with Crippen LogP contribution < -0.4 is 0 Å². The molecule has 0 unspecified atom stereocenters. The lowest BCUT2D eigenvalue weighted by Crippen LogP contribution is -2.01. The minimum Gasteiger partial charge on any atom is -0.294 e. The van der Waals surface area contributed by atoms with Gasteiger partial charge in [0.25, 0.3) is 0 Å². The molecule has 0 bridgehead atoms. The molecule has 0 aliphatic heterocycles. The number of rotatable bonds is 5. The van der Waals surface area contributed by atoms with Crippen LogP contribution in [0.4, 0.5) is 0 Å². The Hall–Kier alpha value is -7.44. The van der Waals surface area contributed by atoms with E-state index < -0.39 is 0 Å². The van der Waals surface area contributed by atoms with E-state index in [1.165, 1.54) is 21.5 Å². The largest absolute Gasteiger partial charge is 0.294 e. The fourth-order valence-electron chi connectivity index (χ4n) is 7.90. The molecule has 0 atom stereocenters. The molecule has 0 aliphatic carbocycles. The van der Waals surface area contributed by atoms with Gasteiger partial charge >= 0.3 is 0 Å². The Kier molecular flexibility index (Phi) is 6.75. The fraction of sp³-hybridized carbons (Fsp3) is 0. The summed E-state index contributed by atoms with van der Waals surface area (Å²) >= 11 is 0. The van der Waals surface area contributed by atoms with E-state index in [2.05, 4.69) is 167 Å². The number of benzene rings is 5. The van der Waals surface area contributed by atoms with Crippen LogP contribution in [0.3, 0.4) is 0 Å². The molecule has 0 spiro atoms. The Morgan fingerprint density at radius 2 is 0.741 bits per heavy atom. The number of para-hydroxylation sites is 4. The average molecular weight is 691 g/mol. The smallest absolute Gasteiger partial charge is 0.138 e. The summed E-state index contributed by atoms with van der Waals surface area (Å²) in [7, 11) is 0. The van der Waals surface area contributed by atoms with E-state index in [4.69, 9.17) is 19.9 Å². The molecule has 54 heavy (non-hydrogen) atoms. The summed E-state index contributed by atoms with van der Waals surface area (Å²) < 4.78 is 4.47. The van der Waals surface area contributed by atoms with E-state index in [0.717, 1.165) is 78.5 Å². The van der Waals surface area contributed by atoms with Crippen molar-refractivity contribution in [2.75, 3.05) is 0 Å². The highest BCUT2D eigenvalue weighted by Gasteiger charge is 2.17. The zero-order valence-corrected chi connectivity index (χ0v) is 29.0. The van der Waals surface area contributed by atoms with Gasteiger partial charge in [0.1, 0.15) is 11.6 Å². The van der Waals surface area contributed by atoms with Crippen molar-refractivity contribution in [3.63, 3.8) is 0 Å². The zero-order chi connectivity index (χ0) is 35.6. The van der Waals surface area contributed by atoms with E-state index in [1.807, 2.05) is 24.4 Å². The van der Waals surface area contributed by atoms with Crippen LogP contribution in [0.15, 0.2) is 182 Å². The highest BCUT2D eigenvalue weighted by molar-refractivity contribution is 6.10. The van der Waals surface area contributed by atoms with Gasteiger partial charge < -0.3 is 0 Å². The maximum absolute atomic E-state index is 5.29. The molecular formula is C48H30N6. The van der Waals surface area contributed by atoms with E-state index in [-0.39, 0.29) is 0 Å². The van der Waals surface area contributed by atoms with Crippen LogP contribution >= 0.6 is 0 Å². The highest BCUT2D eigenvalue weighted by atomic mass is 15.1. The van der Waals surface area contributed by atoms with Crippen LogP contribution in [0.2, 0.25) is 0 Å². The average Bonchev–Trinajstić information content (AvgIpc) is 3.77. The van der Waals surface area contributed by atoms with E-state index in [1.54, 1.807) is 0 Å². The van der Waals surface area contributed by atoms with Crippen LogP contribution in [0, 0.1) is 0 Å². The van der Waals surface area contributed by atoms with Crippen molar-refractivity contribution in [3.8, 4) is 45.7 Å². The minimum atomic E-state index is 0.740. The van der Waals surface area contributed by atoms with Gasteiger partial charge in [0.05, 0.1) is 50.5 Å². The van der Waals surface area contributed by atoms with Gasteiger partial charge in [-0.05, 0) is 72.1 Å². The monoisotopic (exact) mass is 690 g/mol. The predicted molar refractivity (Wildman–Crippen MR) is 220 cm³/mol. The molecule has 6 nitrogen and oxygen atoms in total. The van der Waals surface area contributed by atoms with E-state index in [9.17, 15) is 0 Å². The first kappa shape index (κ1) is 30.2. The van der Waals surface area contributed by atoms with Gasteiger partial charge in [-0.1, -0.05) is 109 Å². The van der Waals surface area contributed by atoms with Gasteiger partial charge in [0, 0.05) is 38.7 Å². The third kappa shape index (κ3) is 4.81. The summed E-state index contributed by atoms with van der Waals surface area (Å²) in [5.41, 5.74) is 9.23. The van der Waals surface area contributed by atoms with Gasteiger partial charge in [-0.25, -0.2) is 15.0 Å². The lowest BCUT2D eigenvalue weighted by Gasteiger charge is -2.13. The number of nitrogens with zero attached hydrogens (tertiary/aromatic N) is 6. The Balaban J connectivity index is 1.11. The molecule has 0 amide bonds. The molecule has 252 valence electrons. The molecule has 0 aliphatic rings. The van der Waals surface area contributed by atoms with Crippen LogP contribution in [-0.2, 0) is 0 Å². The summed E-state index contributed by atoms with van der Waals surface area (Å²) in [6.45, 7) is 0. The normalized spacial score (nSPS) is 11.7. The molecule has 0 fully saturated rings. The topological polar surface area (TPSA) is 61.4 Å². The Labute approximate surface area is 310 Å². The molecule has 0 saturated heterocycles. The molecule has 6 aromatic heterocycles. The summed E-state index contributed by atoms with van der Waals surface area (Å²) in [5, 5.41) is 6.99.